The first-order chi connectivity index (χ1) is 13.3. The van der Waals surface area contributed by atoms with E-state index < -0.39 is 11.7 Å². The van der Waals surface area contributed by atoms with Crippen LogP contribution >= 0.6 is 15.9 Å². The molecule has 0 unspecified atom stereocenters. The number of aliphatic imine (C=N–C) groups is 1. The standard InChI is InChI=1S/C14H7BrF3NO.C6H14N2/c15-10-2-4-12-8(5-10)7-19-11-6-9(14(16,17)18)1-3-13(11)20-12;1-8-5-2-3-7-4-6-8/h1-7H;7H,2-6H2,1H3. The Morgan fingerprint density at radius 2 is 1.86 bits per heavy atom. The number of hydrogen-bond donors (Lipinski definition) is 1. The number of likely N-dealkylation sites (N-methyl/N-ethyl adjacent to an activating group) is 1. The Balaban J connectivity index is 0.000000236. The third-order valence-electron chi connectivity index (χ3n) is 4.38. The zero-order chi connectivity index (χ0) is 20.1. The van der Waals surface area contributed by atoms with Crippen molar-refractivity contribution in [3.05, 3.63) is 52.0 Å². The van der Waals surface area contributed by atoms with Gasteiger partial charge in [0.1, 0.15) is 11.4 Å². The Labute approximate surface area is 170 Å². The van der Waals surface area contributed by atoms with Crippen LogP contribution in [-0.4, -0.2) is 44.3 Å². The quantitative estimate of drug-likeness (QED) is 0.503. The summed E-state index contributed by atoms with van der Waals surface area (Å²) in [6.45, 7) is 4.83. The van der Waals surface area contributed by atoms with E-state index in [0.29, 0.717) is 17.1 Å². The van der Waals surface area contributed by atoms with Gasteiger partial charge >= 0.3 is 6.18 Å². The highest BCUT2D eigenvalue weighted by molar-refractivity contribution is 9.10. The minimum absolute atomic E-state index is 0.159. The SMILES string of the molecule is CN1CCCNCC1.FC(F)(F)c1ccc2c(c1)N=Cc1cc(Br)ccc1O2. The number of ether oxygens (including phenoxy) is 1. The van der Waals surface area contributed by atoms with Crippen LogP contribution in [0.4, 0.5) is 18.9 Å². The Bertz CT molecular complexity index is 847. The van der Waals surface area contributed by atoms with Gasteiger partial charge < -0.3 is 15.0 Å². The molecule has 28 heavy (non-hydrogen) atoms. The van der Waals surface area contributed by atoms with Crippen molar-refractivity contribution in [1.82, 2.24) is 10.2 Å². The zero-order valence-electron chi connectivity index (χ0n) is 15.4. The molecule has 4 nitrogen and oxygen atoms in total. The summed E-state index contributed by atoms with van der Waals surface area (Å²) >= 11 is 3.32. The van der Waals surface area contributed by atoms with Crippen LogP contribution in [0.5, 0.6) is 11.5 Å². The number of benzene rings is 2. The molecule has 0 atom stereocenters. The summed E-state index contributed by atoms with van der Waals surface area (Å²) in [4.78, 5) is 6.43. The summed E-state index contributed by atoms with van der Waals surface area (Å²) < 4.78 is 44.5. The molecule has 0 aliphatic carbocycles. The molecule has 150 valence electrons. The normalized spacial score (nSPS) is 16.6. The summed E-state index contributed by atoms with van der Waals surface area (Å²) in [7, 11) is 2.17. The van der Waals surface area contributed by atoms with E-state index >= 15 is 0 Å². The second kappa shape index (κ2) is 9.07. The van der Waals surface area contributed by atoms with Gasteiger partial charge in [-0.15, -0.1) is 0 Å². The van der Waals surface area contributed by atoms with Crippen LogP contribution in [0.25, 0.3) is 0 Å². The smallest absolute Gasteiger partial charge is 0.416 e. The van der Waals surface area contributed by atoms with Gasteiger partial charge in [0.15, 0.2) is 5.75 Å². The summed E-state index contributed by atoms with van der Waals surface area (Å²) in [5, 5.41) is 3.34. The Morgan fingerprint density at radius 1 is 1.07 bits per heavy atom. The molecule has 0 saturated carbocycles. The molecule has 2 aliphatic heterocycles. The highest BCUT2D eigenvalue weighted by Gasteiger charge is 2.31. The molecule has 0 radical (unpaired) electrons. The summed E-state index contributed by atoms with van der Waals surface area (Å²) in [6, 6.07) is 8.56. The Hall–Kier alpha value is -1.90. The molecular formula is C20H21BrF3N3O. The van der Waals surface area contributed by atoms with Gasteiger partial charge in [-0.2, -0.15) is 13.2 Å². The maximum atomic E-state index is 12.7. The van der Waals surface area contributed by atoms with Crippen molar-refractivity contribution in [1.29, 1.82) is 0 Å². The van der Waals surface area contributed by atoms with E-state index in [1.807, 2.05) is 0 Å². The van der Waals surface area contributed by atoms with Crippen LogP contribution < -0.4 is 10.1 Å². The van der Waals surface area contributed by atoms with E-state index in [1.54, 1.807) is 18.2 Å². The lowest BCUT2D eigenvalue weighted by Crippen LogP contribution is -2.23. The van der Waals surface area contributed by atoms with Crippen LogP contribution in [0, 0.1) is 0 Å². The van der Waals surface area contributed by atoms with E-state index in [-0.39, 0.29) is 5.69 Å². The van der Waals surface area contributed by atoms with Crippen LogP contribution in [0.1, 0.15) is 17.5 Å². The van der Waals surface area contributed by atoms with Gasteiger partial charge in [0.25, 0.3) is 0 Å². The number of nitrogens with zero attached hydrogens (tertiary/aromatic N) is 2. The van der Waals surface area contributed by atoms with Gasteiger partial charge in [0.05, 0.1) is 5.56 Å². The van der Waals surface area contributed by atoms with Crippen molar-refractivity contribution < 1.29 is 17.9 Å². The van der Waals surface area contributed by atoms with E-state index in [1.165, 1.54) is 38.3 Å². The van der Waals surface area contributed by atoms with Crippen LogP contribution in [0.2, 0.25) is 0 Å². The number of fused-ring (bicyclic) bond motifs is 2. The molecule has 0 bridgehead atoms. The van der Waals surface area contributed by atoms with Gasteiger partial charge in [-0.05, 0) is 63.0 Å². The number of halogens is 4. The predicted octanol–water partition coefficient (Wildman–Crippen LogP) is 5.24. The topological polar surface area (TPSA) is 36.9 Å². The average molecular weight is 456 g/mol. The monoisotopic (exact) mass is 455 g/mol. The Kier molecular flexibility index (Phi) is 6.74. The minimum Gasteiger partial charge on any atom is -0.454 e. The summed E-state index contributed by atoms with van der Waals surface area (Å²) in [6.07, 6.45) is -1.60. The van der Waals surface area contributed by atoms with Crippen LogP contribution in [0.3, 0.4) is 0 Å². The van der Waals surface area contributed by atoms with Gasteiger partial charge in [0.2, 0.25) is 0 Å². The largest absolute Gasteiger partial charge is 0.454 e. The second-order valence-electron chi connectivity index (χ2n) is 6.63. The summed E-state index contributed by atoms with van der Waals surface area (Å²) in [5.74, 6) is 0.853. The molecule has 2 aromatic carbocycles. The minimum atomic E-state index is -4.40. The zero-order valence-corrected chi connectivity index (χ0v) is 17.0. The van der Waals surface area contributed by atoms with Crippen molar-refractivity contribution >= 4 is 27.8 Å². The first kappa shape index (κ1) is 20.8. The lowest BCUT2D eigenvalue weighted by atomic mass is 10.2. The van der Waals surface area contributed by atoms with Crippen molar-refractivity contribution in [3.8, 4) is 11.5 Å². The van der Waals surface area contributed by atoms with Crippen LogP contribution in [0.15, 0.2) is 45.9 Å². The number of nitrogens with one attached hydrogen (secondary N) is 1. The lowest BCUT2D eigenvalue weighted by molar-refractivity contribution is -0.137. The second-order valence-corrected chi connectivity index (χ2v) is 7.55. The molecule has 1 N–H and O–H groups in total. The number of rotatable bonds is 0. The average Bonchev–Trinajstić information content (AvgIpc) is 2.99. The number of hydrogen-bond acceptors (Lipinski definition) is 4. The van der Waals surface area contributed by atoms with Gasteiger partial charge in [0, 0.05) is 29.3 Å². The summed E-state index contributed by atoms with van der Waals surface area (Å²) in [5.41, 5.74) is 0.111. The van der Waals surface area contributed by atoms with Gasteiger partial charge in [-0.25, -0.2) is 0 Å². The lowest BCUT2D eigenvalue weighted by Gasteiger charge is -2.11. The fourth-order valence-electron chi connectivity index (χ4n) is 2.83. The molecule has 0 amide bonds. The van der Waals surface area contributed by atoms with E-state index in [2.05, 4.69) is 38.2 Å². The van der Waals surface area contributed by atoms with Crippen LogP contribution in [-0.2, 0) is 6.18 Å². The van der Waals surface area contributed by atoms with Gasteiger partial charge in [-0.3, -0.25) is 4.99 Å². The van der Waals surface area contributed by atoms with E-state index in [0.717, 1.165) is 23.2 Å². The highest BCUT2D eigenvalue weighted by atomic mass is 79.9. The fourth-order valence-corrected chi connectivity index (χ4v) is 3.21. The number of alkyl halides is 3. The van der Waals surface area contributed by atoms with Gasteiger partial charge in [-0.1, -0.05) is 15.9 Å². The molecule has 0 spiro atoms. The third-order valence-corrected chi connectivity index (χ3v) is 4.88. The Morgan fingerprint density at radius 3 is 2.64 bits per heavy atom. The molecule has 0 aromatic heterocycles. The molecule has 2 aliphatic rings. The van der Waals surface area contributed by atoms with Crippen molar-refractivity contribution in [3.63, 3.8) is 0 Å². The highest BCUT2D eigenvalue weighted by Crippen LogP contribution is 2.40. The first-order valence-corrected chi connectivity index (χ1v) is 9.74. The fraction of sp³-hybridized carbons (Fsp3) is 0.350. The molecule has 1 fully saturated rings. The van der Waals surface area contributed by atoms with Crippen molar-refractivity contribution in [2.45, 2.75) is 12.6 Å². The molecule has 4 rings (SSSR count). The third kappa shape index (κ3) is 5.56. The maximum absolute atomic E-state index is 12.7. The van der Waals surface area contributed by atoms with E-state index in [9.17, 15) is 13.2 Å². The first-order valence-electron chi connectivity index (χ1n) is 8.95. The predicted molar refractivity (Wildman–Crippen MR) is 108 cm³/mol. The molecule has 2 aromatic rings. The van der Waals surface area contributed by atoms with E-state index in [4.69, 9.17) is 4.74 Å². The molecule has 2 heterocycles. The van der Waals surface area contributed by atoms with Crippen molar-refractivity contribution in [2.24, 2.45) is 4.99 Å². The van der Waals surface area contributed by atoms with Crippen molar-refractivity contribution in [2.75, 3.05) is 33.2 Å². The molecule has 1 saturated heterocycles. The maximum Gasteiger partial charge on any atom is 0.416 e. The molecule has 8 heteroatoms. The molecular weight excluding hydrogens is 435 g/mol.